The van der Waals surface area contributed by atoms with Crippen LogP contribution in [0.4, 0.5) is 4.39 Å². The second-order valence-corrected chi connectivity index (χ2v) is 6.27. The van der Waals surface area contributed by atoms with Crippen LogP contribution in [0.1, 0.15) is 42.1 Å². The molecule has 2 aliphatic heterocycles. The molecule has 0 spiro atoms. The van der Waals surface area contributed by atoms with Gasteiger partial charge in [-0.2, -0.15) is 0 Å². The van der Waals surface area contributed by atoms with E-state index in [0.29, 0.717) is 18.4 Å². The molecule has 1 fully saturated rings. The van der Waals surface area contributed by atoms with Gasteiger partial charge in [0.2, 0.25) is 5.91 Å². The maximum Gasteiger partial charge on any atom is 0.223 e. The first-order chi connectivity index (χ1) is 11.2. The number of amides is 1. The van der Waals surface area contributed by atoms with E-state index in [-0.39, 0.29) is 23.8 Å². The predicted octanol–water partition coefficient (Wildman–Crippen LogP) is 2.84. The third-order valence-electron chi connectivity index (χ3n) is 4.97. The van der Waals surface area contributed by atoms with Gasteiger partial charge in [0.1, 0.15) is 12.1 Å². The maximum absolute atomic E-state index is 13.7. The Morgan fingerprint density at radius 2 is 2.17 bits per heavy atom. The topological polar surface area (TPSA) is 46.1 Å². The van der Waals surface area contributed by atoms with E-state index in [0.717, 1.165) is 30.5 Å². The summed E-state index contributed by atoms with van der Waals surface area (Å²) in [5, 5.41) is 0. The second kappa shape index (κ2) is 5.72. The predicted molar refractivity (Wildman–Crippen MR) is 83.1 cm³/mol. The number of aromatic nitrogens is 2. The lowest BCUT2D eigenvalue weighted by atomic mass is 9.98. The van der Waals surface area contributed by atoms with Gasteiger partial charge in [0.25, 0.3) is 0 Å². The second-order valence-electron chi connectivity index (χ2n) is 6.27. The minimum absolute atomic E-state index is 0.0954. The summed E-state index contributed by atoms with van der Waals surface area (Å²) >= 11 is 0. The van der Waals surface area contributed by atoms with Crippen molar-refractivity contribution in [2.45, 2.75) is 44.2 Å². The molecule has 2 aromatic rings. The quantitative estimate of drug-likeness (QED) is 0.875. The Labute approximate surface area is 134 Å². The average Bonchev–Trinajstić information content (AvgIpc) is 2.89. The summed E-state index contributed by atoms with van der Waals surface area (Å²) in [4.78, 5) is 23.2. The molecule has 23 heavy (non-hydrogen) atoms. The first-order valence-electron chi connectivity index (χ1n) is 8.07. The van der Waals surface area contributed by atoms with Crippen LogP contribution < -0.4 is 0 Å². The van der Waals surface area contributed by atoms with Crippen molar-refractivity contribution in [3.05, 3.63) is 59.4 Å². The van der Waals surface area contributed by atoms with Crippen LogP contribution in [-0.4, -0.2) is 26.8 Å². The maximum atomic E-state index is 13.7. The molecule has 0 saturated carbocycles. The van der Waals surface area contributed by atoms with Crippen LogP contribution in [0.5, 0.6) is 0 Å². The number of nitrogens with zero attached hydrogens (tertiary/aromatic N) is 3. The van der Waals surface area contributed by atoms with E-state index in [1.54, 1.807) is 24.5 Å². The fourth-order valence-corrected chi connectivity index (χ4v) is 3.88. The zero-order valence-corrected chi connectivity index (χ0v) is 12.8. The van der Waals surface area contributed by atoms with Gasteiger partial charge in [-0.05, 0) is 30.9 Å². The molecule has 2 aliphatic rings. The SMILES string of the molecule is O=C(CCc1ccccc1F)N1C2CCC1c1cncnc1C2. The van der Waals surface area contributed by atoms with Crippen molar-refractivity contribution in [2.75, 3.05) is 0 Å². The lowest BCUT2D eigenvalue weighted by Gasteiger charge is -2.35. The summed E-state index contributed by atoms with van der Waals surface area (Å²) in [6.45, 7) is 0. The molecule has 1 saturated heterocycles. The molecular formula is C18H18FN3O. The van der Waals surface area contributed by atoms with Gasteiger partial charge < -0.3 is 4.90 Å². The van der Waals surface area contributed by atoms with Crippen molar-refractivity contribution in [3.8, 4) is 0 Å². The zero-order valence-electron chi connectivity index (χ0n) is 12.8. The molecule has 2 atom stereocenters. The minimum Gasteiger partial charge on any atom is -0.332 e. The Kier molecular flexibility index (Phi) is 3.56. The molecule has 3 heterocycles. The lowest BCUT2D eigenvalue weighted by Crippen LogP contribution is -2.42. The fourth-order valence-electron chi connectivity index (χ4n) is 3.88. The number of carbonyl (C=O) groups excluding carboxylic acids is 1. The molecule has 1 amide bonds. The normalized spacial score (nSPS) is 22.0. The van der Waals surface area contributed by atoms with Gasteiger partial charge in [-0.1, -0.05) is 18.2 Å². The molecule has 2 unspecified atom stereocenters. The summed E-state index contributed by atoms with van der Waals surface area (Å²) in [5.74, 6) is -0.129. The molecule has 0 radical (unpaired) electrons. The van der Waals surface area contributed by atoms with Crippen LogP contribution >= 0.6 is 0 Å². The van der Waals surface area contributed by atoms with Crippen molar-refractivity contribution in [3.63, 3.8) is 0 Å². The van der Waals surface area contributed by atoms with E-state index in [4.69, 9.17) is 0 Å². The highest BCUT2D eigenvalue weighted by atomic mass is 19.1. The largest absolute Gasteiger partial charge is 0.332 e. The van der Waals surface area contributed by atoms with Crippen molar-refractivity contribution >= 4 is 5.91 Å². The van der Waals surface area contributed by atoms with Crippen molar-refractivity contribution in [2.24, 2.45) is 0 Å². The molecule has 118 valence electrons. The van der Waals surface area contributed by atoms with Crippen LogP contribution in [0.25, 0.3) is 0 Å². The molecule has 2 bridgehead atoms. The number of benzene rings is 1. The number of fused-ring (bicyclic) bond motifs is 4. The van der Waals surface area contributed by atoms with Gasteiger partial charge in [0.05, 0.1) is 11.7 Å². The van der Waals surface area contributed by atoms with Crippen molar-refractivity contribution < 1.29 is 9.18 Å². The fraction of sp³-hybridized carbons (Fsp3) is 0.389. The molecule has 0 aliphatic carbocycles. The minimum atomic E-state index is -0.235. The first-order valence-corrected chi connectivity index (χ1v) is 8.07. The third kappa shape index (κ3) is 2.50. The van der Waals surface area contributed by atoms with Crippen LogP contribution in [0.2, 0.25) is 0 Å². The number of hydrogen-bond donors (Lipinski definition) is 0. The van der Waals surface area contributed by atoms with Crippen LogP contribution in [0.15, 0.2) is 36.8 Å². The van der Waals surface area contributed by atoms with Crippen LogP contribution in [-0.2, 0) is 17.6 Å². The highest BCUT2D eigenvalue weighted by Crippen LogP contribution is 2.43. The first kappa shape index (κ1) is 14.3. The summed E-state index contributed by atoms with van der Waals surface area (Å²) in [6.07, 6.45) is 6.99. The molecule has 5 heteroatoms. The van der Waals surface area contributed by atoms with E-state index in [1.807, 2.05) is 11.1 Å². The average molecular weight is 311 g/mol. The standard InChI is InChI=1S/C18H18FN3O/c19-15-4-2-1-3-12(15)5-8-18(23)22-13-6-7-17(22)14-10-20-11-21-16(14)9-13/h1-4,10-11,13,17H,5-9H2. The Hall–Kier alpha value is -2.30. The monoisotopic (exact) mass is 311 g/mol. The molecule has 4 nitrogen and oxygen atoms in total. The van der Waals surface area contributed by atoms with Crippen molar-refractivity contribution in [1.29, 1.82) is 0 Å². The lowest BCUT2D eigenvalue weighted by molar-refractivity contribution is -0.134. The summed E-state index contributed by atoms with van der Waals surface area (Å²) in [7, 11) is 0. The van der Waals surface area contributed by atoms with E-state index < -0.39 is 0 Å². The van der Waals surface area contributed by atoms with Crippen LogP contribution in [0.3, 0.4) is 0 Å². The van der Waals surface area contributed by atoms with Gasteiger partial charge in [-0.15, -0.1) is 0 Å². The molecule has 0 N–H and O–H groups in total. The zero-order chi connectivity index (χ0) is 15.8. The van der Waals surface area contributed by atoms with Crippen LogP contribution in [0, 0.1) is 5.82 Å². The Morgan fingerprint density at radius 1 is 1.30 bits per heavy atom. The van der Waals surface area contributed by atoms with Gasteiger partial charge in [-0.3, -0.25) is 4.79 Å². The van der Waals surface area contributed by atoms with E-state index in [1.165, 1.54) is 6.07 Å². The molecular weight excluding hydrogens is 293 g/mol. The Balaban J connectivity index is 1.51. The summed E-state index contributed by atoms with van der Waals surface area (Å²) in [5.41, 5.74) is 2.76. The van der Waals surface area contributed by atoms with Gasteiger partial charge >= 0.3 is 0 Å². The molecule has 1 aromatic heterocycles. The number of aryl methyl sites for hydroxylation is 1. The number of carbonyl (C=O) groups is 1. The van der Waals surface area contributed by atoms with Gasteiger partial charge in [-0.25, -0.2) is 14.4 Å². The van der Waals surface area contributed by atoms with E-state index in [9.17, 15) is 9.18 Å². The number of hydrogen-bond acceptors (Lipinski definition) is 3. The van der Waals surface area contributed by atoms with E-state index in [2.05, 4.69) is 9.97 Å². The smallest absolute Gasteiger partial charge is 0.223 e. The van der Waals surface area contributed by atoms with Crippen molar-refractivity contribution in [1.82, 2.24) is 14.9 Å². The molecule has 4 rings (SSSR count). The summed E-state index contributed by atoms with van der Waals surface area (Å²) in [6, 6.07) is 6.99. The Morgan fingerprint density at radius 3 is 3.04 bits per heavy atom. The molecule has 1 aromatic carbocycles. The number of rotatable bonds is 3. The van der Waals surface area contributed by atoms with E-state index >= 15 is 0 Å². The summed E-state index contributed by atoms with van der Waals surface area (Å²) < 4.78 is 13.7. The van der Waals surface area contributed by atoms with Gasteiger partial charge in [0.15, 0.2) is 0 Å². The highest BCUT2D eigenvalue weighted by Gasteiger charge is 2.42. The number of halogens is 1. The highest BCUT2D eigenvalue weighted by molar-refractivity contribution is 5.78. The Bertz CT molecular complexity index is 749. The van der Waals surface area contributed by atoms with Gasteiger partial charge in [0, 0.05) is 30.6 Å². The third-order valence-corrected chi connectivity index (χ3v) is 4.97.